The molecule has 0 aromatic carbocycles. The topological polar surface area (TPSA) is 70.2 Å². The van der Waals surface area contributed by atoms with Gasteiger partial charge >= 0.3 is 0 Å². The van der Waals surface area contributed by atoms with E-state index in [-0.39, 0.29) is 30.8 Å². The van der Waals surface area contributed by atoms with Crippen molar-refractivity contribution in [3.63, 3.8) is 0 Å². The molecule has 2 aliphatic rings. The van der Waals surface area contributed by atoms with E-state index in [4.69, 9.17) is 0 Å². The Morgan fingerprint density at radius 1 is 1.14 bits per heavy atom. The van der Waals surface area contributed by atoms with Crippen LogP contribution in [0.5, 0.6) is 0 Å². The van der Waals surface area contributed by atoms with Gasteiger partial charge in [-0.25, -0.2) is 0 Å². The minimum Gasteiger partial charge on any atom is -0.351 e. The van der Waals surface area contributed by atoms with Gasteiger partial charge in [-0.05, 0) is 31.7 Å². The number of halogens is 1. The predicted octanol–water partition coefficient (Wildman–Crippen LogP) is 1.53. The second-order valence-electron chi connectivity index (χ2n) is 6.08. The lowest BCUT2D eigenvalue weighted by Crippen LogP contribution is -2.38. The smallest absolute Gasteiger partial charge is 0.239 e. The number of rotatable bonds is 6. The summed E-state index contributed by atoms with van der Waals surface area (Å²) in [4.78, 5) is 23.5. The highest BCUT2D eigenvalue weighted by Gasteiger charge is 2.17. The molecular formula is C16H28ClN3O2. The molecule has 0 unspecified atom stereocenters. The summed E-state index contributed by atoms with van der Waals surface area (Å²) in [6, 6.07) is 0. The highest BCUT2D eigenvalue weighted by molar-refractivity contribution is 5.85. The minimum atomic E-state index is -0.105. The molecule has 22 heavy (non-hydrogen) atoms. The average molecular weight is 330 g/mol. The fourth-order valence-corrected chi connectivity index (χ4v) is 3.01. The third kappa shape index (κ3) is 7.27. The molecule has 2 amide bonds. The summed E-state index contributed by atoms with van der Waals surface area (Å²) in [5, 5.41) is 8.83. The van der Waals surface area contributed by atoms with Crippen LogP contribution in [-0.2, 0) is 9.59 Å². The number of nitrogens with one attached hydrogen (secondary N) is 3. The van der Waals surface area contributed by atoms with Crippen LogP contribution in [0.1, 0.15) is 44.9 Å². The van der Waals surface area contributed by atoms with Crippen molar-refractivity contribution >= 4 is 24.2 Å². The summed E-state index contributed by atoms with van der Waals surface area (Å²) >= 11 is 0. The van der Waals surface area contributed by atoms with Crippen molar-refractivity contribution < 1.29 is 9.59 Å². The van der Waals surface area contributed by atoms with Gasteiger partial charge in [-0.2, -0.15) is 0 Å². The Morgan fingerprint density at radius 2 is 1.91 bits per heavy atom. The van der Waals surface area contributed by atoms with Crippen LogP contribution in [0, 0.1) is 5.92 Å². The zero-order chi connectivity index (χ0) is 14.9. The van der Waals surface area contributed by atoms with Crippen molar-refractivity contribution in [3.8, 4) is 0 Å². The van der Waals surface area contributed by atoms with E-state index in [0.29, 0.717) is 18.9 Å². The highest BCUT2D eigenvalue weighted by Crippen LogP contribution is 2.25. The maximum absolute atomic E-state index is 11.8. The van der Waals surface area contributed by atoms with Crippen molar-refractivity contribution in [2.45, 2.75) is 44.9 Å². The first-order valence-electron chi connectivity index (χ1n) is 8.16. The van der Waals surface area contributed by atoms with Gasteiger partial charge in [0, 0.05) is 19.5 Å². The Labute approximate surface area is 139 Å². The van der Waals surface area contributed by atoms with Gasteiger partial charge < -0.3 is 16.0 Å². The molecule has 1 aliphatic heterocycles. The van der Waals surface area contributed by atoms with Crippen LogP contribution in [0.15, 0.2) is 11.6 Å². The van der Waals surface area contributed by atoms with Crippen LogP contribution in [0.2, 0.25) is 0 Å². The zero-order valence-corrected chi connectivity index (χ0v) is 14.0. The normalized spacial score (nSPS) is 18.8. The third-order valence-electron chi connectivity index (χ3n) is 4.32. The van der Waals surface area contributed by atoms with Gasteiger partial charge in [0.1, 0.15) is 0 Å². The van der Waals surface area contributed by atoms with Gasteiger partial charge in [0.2, 0.25) is 11.8 Å². The van der Waals surface area contributed by atoms with Gasteiger partial charge in [0.05, 0.1) is 6.54 Å². The predicted molar refractivity (Wildman–Crippen MR) is 90.0 cm³/mol. The minimum absolute atomic E-state index is 0. The Kier molecular flexibility index (Phi) is 9.16. The molecule has 0 aromatic heterocycles. The number of hydrogen-bond donors (Lipinski definition) is 3. The lowest BCUT2D eigenvalue weighted by atomic mass is 9.87. The number of hydrogen-bond acceptors (Lipinski definition) is 3. The molecule has 1 heterocycles. The molecule has 0 spiro atoms. The molecular weight excluding hydrogens is 302 g/mol. The van der Waals surface area contributed by atoms with Gasteiger partial charge in [-0.15, -0.1) is 12.4 Å². The molecule has 126 valence electrons. The zero-order valence-electron chi connectivity index (χ0n) is 13.2. The van der Waals surface area contributed by atoms with Crippen molar-refractivity contribution in [2.24, 2.45) is 5.92 Å². The van der Waals surface area contributed by atoms with Crippen LogP contribution in [0.25, 0.3) is 0 Å². The van der Waals surface area contributed by atoms with Crippen LogP contribution in [0.4, 0.5) is 0 Å². The quantitative estimate of drug-likeness (QED) is 0.647. The first kappa shape index (κ1) is 19.0. The average Bonchev–Trinajstić information content (AvgIpc) is 2.53. The largest absolute Gasteiger partial charge is 0.351 e. The summed E-state index contributed by atoms with van der Waals surface area (Å²) < 4.78 is 0. The summed E-state index contributed by atoms with van der Waals surface area (Å²) in [6.07, 6.45) is 9.75. The van der Waals surface area contributed by atoms with Crippen LogP contribution < -0.4 is 16.0 Å². The molecule has 1 aliphatic carbocycles. The van der Waals surface area contributed by atoms with E-state index in [2.05, 4.69) is 22.0 Å². The van der Waals surface area contributed by atoms with Crippen molar-refractivity contribution in [1.29, 1.82) is 0 Å². The maximum Gasteiger partial charge on any atom is 0.239 e. The molecule has 1 saturated carbocycles. The molecule has 2 rings (SSSR count). The van der Waals surface area contributed by atoms with E-state index in [1.807, 2.05) is 0 Å². The summed E-state index contributed by atoms with van der Waals surface area (Å²) in [7, 11) is 0. The van der Waals surface area contributed by atoms with E-state index in [1.165, 1.54) is 24.8 Å². The van der Waals surface area contributed by atoms with E-state index in [9.17, 15) is 9.59 Å². The number of carbonyl (C=O) groups is 2. The van der Waals surface area contributed by atoms with Gasteiger partial charge in [-0.3, -0.25) is 9.59 Å². The lowest BCUT2D eigenvalue weighted by molar-refractivity contribution is -0.126. The third-order valence-corrected chi connectivity index (χ3v) is 4.32. The molecule has 3 N–H and O–H groups in total. The first-order valence-corrected chi connectivity index (χ1v) is 8.16. The maximum atomic E-state index is 11.8. The Hall–Kier alpha value is -1.07. The van der Waals surface area contributed by atoms with E-state index in [1.54, 1.807) is 0 Å². The molecule has 0 atom stereocenters. The van der Waals surface area contributed by atoms with Crippen molar-refractivity contribution in [2.75, 3.05) is 26.2 Å². The Morgan fingerprint density at radius 3 is 2.59 bits per heavy atom. The van der Waals surface area contributed by atoms with Gasteiger partial charge in [0.25, 0.3) is 0 Å². The van der Waals surface area contributed by atoms with Crippen molar-refractivity contribution in [1.82, 2.24) is 16.0 Å². The van der Waals surface area contributed by atoms with E-state index < -0.39 is 0 Å². The molecule has 0 bridgehead atoms. The second-order valence-corrected chi connectivity index (χ2v) is 6.08. The monoisotopic (exact) mass is 329 g/mol. The molecule has 0 aromatic rings. The highest BCUT2D eigenvalue weighted by atomic mass is 35.5. The number of amides is 2. The number of carbonyl (C=O) groups excluding carboxylic acids is 2. The fraction of sp³-hybridized carbons (Fsp3) is 0.750. The van der Waals surface area contributed by atoms with Crippen molar-refractivity contribution in [3.05, 3.63) is 11.6 Å². The van der Waals surface area contributed by atoms with Crippen LogP contribution in [0.3, 0.4) is 0 Å². The molecule has 0 radical (unpaired) electrons. The van der Waals surface area contributed by atoms with E-state index in [0.717, 1.165) is 32.4 Å². The summed E-state index contributed by atoms with van der Waals surface area (Å²) in [6.45, 7) is 2.54. The van der Waals surface area contributed by atoms with Crippen LogP contribution >= 0.6 is 12.4 Å². The Balaban J connectivity index is 0.00000242. The molecule has 0 saturated heterocycles. The molecule has 6 heteroatoms. The van der Waals surface area contributed by atoms with E-state index >= 15 is 0 Å². The lowest BCUT2D eigenvalue weighted by Gasteiger charge is -2.20. The van der Waals surface area contributed by atoms with Gasteiger partial charge in [0.15, 0.2) is 0 Å². The van der Waals surface area contributed by atoms with Gasteiger partial charge in [-0.1, -0.05) is 30.9 Å². The standard InChI is InChI=1S/C16H27N3O2.ClH/c20-15(10-13-4-2-1-3-5-13)19-12-16(21)18-11-14-6-8-17-9-7-14;/h6,13,17H,1-5,7-12H2,(H,18,21)(H,19,20);1H. The van der Waals surface area contributed by atoms with Crippen LogP contribution in [-0.4, -0.2) is 38.0 Å². The first-order chi connectivity index (χ1) is 10.2. The Bertz CT molecular complexity index is 393. The SMILES string of the molecule is Cl.O=C(CNC(=O)CC1CCCCC1)NCC1=CCNCC1. The summed E-state index contributed by atoms with van der Waals surface area (Å²) in [5.41, 5.74) is 1.26. The fourth-order valence-electron chi connectivity index (χ4n) is 3.01. The molecule has 5 nitrogen and oxygen atoms in total. The molecule has 1 fully saturated rings. The summed E-state index contributed by atoms with van der Waals surface area (Å²) in [5.74, 6) is 0.422. The second kappa shape index (κ2) is 10.6.